The SMILES string of the molecule is CC1(C)CCN(c2cccc(O)c2)C(=O)N1. The van der Waals surface area contributed by atoms with Crippen LogP contribution in [0.1, 0.15) is 20.3 Å². The molecule has 1 heterocycles. The third-order valence-electron chi connectivity index (χ3n) is 2.79. The third kappa shape index (κ3) is 2.10. The number of hydrogen-bond donors (Lipinski definition) is 2. The molecule has 0 atom stereocenters. The standard InChI is InChI=1S/C12H16N2O2/c1-12(2)6-7-14(11(16)13-12)9-4-3-5-10(15)8-9/h3-5,8,15H,6-7H2,1-2H3,(H,13,16). The highest BCUT2D eigenvalue weighted by Crippen LogP contribution is 2.24. The summed E-state index contributed by atoms with van der Waals surface area (Å²) in [6.07, 6.45) is 0.883. The second-order valence-corrected chi connectivity index (χ2v) is 4.74. The summed E-state index contributed by atoms with van der Waals surface area (Å²) in [5, 5.41) is 12.3. The van der Waals surface area contributed by atoms with Crippen LogP contribution in [0, 0.1) is 0 Å². The number of hydrogen-bond acceptors (Lipinski definition) is 2. The Kier molecular flexibility index (Phi) is 2.50. The van der Waals surface area contributed by atoms with E-state index in [0.717, 1.165) is 12.1 Å². The van der Waals surface area contributed by atoms with Crippen molar-refractivity contribution < 1.29 is 9.90 Å². The molecule has 0 radical (unpaired) electrons. The molecular weight excluding hydrogens is 204 g/mol. The molecule has 0 aliphatic carbocycles. The smallest absolute Gasteiger partial charge is 0.322 e. The fourth-order valence-electron chi connectivity index (χ4n) is 1.82. The minimum absolute atomic E-state index is 0.109. The summed E-state index contributed by atoms with van der Waals surface area (Å²) in [5.74, 6) is 0.176. The topological polar surface area (TPSA) is 52.6 Å². The third-order valence-corrected chi connectivity index (χ3v) is 2.79. The number of benzene rings is 1. The van der Waals surface area contributed by atoms with Gasteiger partial charge in [0.2, 0.25) is 0 Å². The lowest BCUT2D eigenvalue weighted by atomic mass is 9.98. The van der Waals surface area contributed by atoms with Crippen molar-refractivity contribution in [2.75, 3.05) is 11.4 Å². The maximum atomic E-state index is 11.9. The molecule has 1 aromatic rings. The molecule has 86 valence electrons. The molecule has 1 fully saturated rings. The lowest BCUT2D eigenvalue weighted by molar-refractivity contribution is 0.224. The maximum Gasteiger partial charge on any atom is 0.322 e. The van der Waals surface area contributed by atoms with Gasteiger partial charge in [-0.3, -0.25) is 4.90 Å². The van der Waals surface area contributed by atoms with Crippen LogP contribution in [-0.4, -0.2) is 23.2 Å². The van der Waals surface area contributed by atoms with Crippen molar-refractivity contribution in [3.05, 3.63) is 24.3 Å². The minimum atomic E-state index is -0.148. The molecule has 0 aromatic heterocycles. The van der Waals surface area contributed by atoms with E-state index >= 15 is 0 Å². The summed E-state index contributed by atoms with van der Waals surface area (Å²) in [5.41, 5.74) is 0.581. The first-order valence-electron chi connectivity index (χ1n) is 5.37. The summed E-state index contributed by atoms with van der Waals surface area (Å²) in [6.45, 7) is 4.68. The van der Waals surface area contributed by atoms with E-state index in [1.807, 2.05) is 19.9 Å². The Bertz CT molecular complexity index is 415. The van der Waals surface area contributed by atoms with E-state index < -0.39 is 0 Å². The monoisotopic (exact) mass is 220 g/mol. The first kappa shape index (κ1) is 10.8. The fraction of sp³-hybridized carbons (Fsp3) is 0.417. The van der Waals surface area contributed by atoms with Crippen molar-refractivity contribution in [1.29, 1.82) is 0 Å². The Morgan fingerprint density at radius 1 is 1.44 bits per heavy atom. The van der Waals surface area contributed by atoms with E-state index in [1.54, 1.807) is 23.1 Å². The number of phenols is 1. The van der Waals surface area contributed by atoms with Gasteiger partial charge in [0.05, 0.1) is 0 Å². The summed E-state index contributed by atoms with van der Waals surface area (Å²) >= 11 is 0. The molecule has 4 nitrogen and oxygen atoms in total. The van der Waals surface area contributed by atoms with E-state index in [-0.39, 0.29) is 17.3 Å². The van der Waals surface area contributed by atoms with Crippen LogP contribution in [-0.2, 0) is 0 Å². The molecule has 0 saturated carbocycles. The first-order valence-corrected chi connectivity index (χ1v) is 5.37. The summed E-state index contributed by atoms with van der Waals surface area (Å²) < 4.78 is 0. The summed E-state index contributed by atoms with van der Waals surface area (Å²) in [7, 11) is 0. The van der Waals surface area contributed by atoms with Crippen molar-refractivity contribution >= 4 is 11.7 Å². The van der Waals surface area contributed by atoms with Crippen molar-refractivity contribution in [3.8, 4) is 5.75 Å². The van der Waals surface area contributed by atoms with Crippen LogP contribution >= 0.6 is 0 Å². The zero-order valence-corrected chi connectivity index (χ0v) is 9.53. The molecule has 0 spiro atoms. The van der Waals surface area contributed by atoms with Crippen LogP contribution in [0.15, 0.2) is 24.3 Å². The van der Waals surface area contributed by atoms with Gasteiger partial charge in [0.1, 0.15) is 5.75 Å². The molecular formula is C12H16N2O2. The molecule has 1 saturated heterocycles. The Balaban J connectivity index is 2.21. The van der Waals surface area contributed by atoms with E-state index in [0.29, 0.717) is 6.54 Å². The fourth-order valence-corrected chi connectivity index (χ4v) is 1.82. The number of urea groups is 1. The van der Waals surface area contributed by atoms with Gasteiger partial charge in [-0.15, -0.1) is 0 Å². The average Bonchev–Trinajstić information content (AvgIpc) is 2.15. The molecule has 2 amide bonds. The van der Waals surface area contributed by atoms with Crippen molar-refractivity contribution in [3.63, 3.8) is 0 Å². The second kappa shape index (κ2) is 3.70. The highest BCUT2D eigenvalue weighted by Gasteiger charge is 2.30. The van der Waals surface area contributed by atoms with Gasteiger partial charge in [-0.1, -0.05) is 6.07 Å². The van der Waals surface area contributed by atoms with Gasteiger partial charge in [0, 0.05) is 23.8 Å². The number of aromatic hydroxyl groups is 1. The average molecular weight is 220 g/mol. The van der Waals surface area contributed by atoms with Crippen molar-refractivity contribution in [1.82, 2.24) is 5.32 Å². The number of rotatable bonds is 1. The maximum absolute atomic E-state index is 11.9. The number of amides is 2. The number of carbonyl (C=O) groups is 1. The van der Waals surface area contributed by atoms with Gasteiger partial charge < -0.3 is 10.4 Å². The van der Waals surface area contributed by atoms with Gasteiger partial charge in [-0.05, 0) is 32.4 Å². The van der Waals surface area contributed by atoms with E-state index in [9.17, 15) is 9.90 Å². The lowest BCUT2D eigenvalue weighted by Crippen LogP contribution is -2.57. The minimum Gasteiger partial charge on any atom is -0.508 e. The first-order chi connectivity index (χ1) is 7.48. The van der Waals surface area contributed by atoms with E-state index in [2.05, 4.69) is 5.32 Å². The van der Waals surface area contributed by atoms with Gasteiger partial charge >= 0.3 is 6.03 Å². The number of anilines is 1. The predicted molar refractivity (Wildman–Crippen MR) is 62.7 cm³/mol. The number of nitrogens with zero attached hydrogens (tertiary/aromatic N) is 1. The van der Waals surface area contributed by atoms with Gasteiger partial charge in [0.15, 0.2) is 0 Å². The number of carbonyl (C=O) groups excluding carboxylic acids is 1. The Morgan fingerprint density at radius 2 is 2.19 bits per heavy atom. The van der Waals surface area contributed by atoms with Crippen LogP contribution in [0.3, 0.4) is 0 Å². The van der Waals surface area contributed by atoms with Crippen molar-refractivity contribution in [2.45, 2.75) is 25.8 Å². The van der Waals surface area contributed by atoms with Gasteiger partial charge in [0.25, 0.3) is 0 Å². The molecule has 4 heteroatoms. The number of nitrogens with one attached hydrogen (secondary N) is 1. The molecule has 16 heavy (non-hydrogen) atoms. The highest BCUT2D eigenvalue weighted by atomic mass is 16.3. The molecule has 1 aliphatic rings. The molecule has 2 N–H and O–H groups in total. The van der Waals surface area contributed by atoms with Crippen LogP contribution < -0.4 is 10.2 Å². The Hall–Kier alpha value is -1.71. The second-order valence-electron chi connectivity index (χ2n) is 4.74. The Labute approximate surface area is 94.9 Å². The summed E-state index contributed by atoms with van der Waals surface area (Å²) in [6, 6.07) is 6.63. The zero-order chi connectivity index (χ0) is 11.8. The van der Waals surface area contributed by atoms with Crippen LogP contribution in [0.25, 0.3) is 0 Å². The largest absolute Gasteiger partial charge is 0.508 e. The molecule has 1 aromatic carbocycles. The Morgan fingerprint density at radius 3 is 2.81 bits per heavy atom. The van der Waals surface area contributed by atoms with Gasteiger partial charge in [-0.2, -0.15) is 0 Å². The van der Waals surface area contributed by atoms with Crippen LogP contribution in [0.4, 0.5) is 10.5 Å². The molecule has 0 bridgehead atoms. The van der Waals surface area contributed by atoms with Crippen LogP contribution in [0.5, 0.6) is 5.75 Å². The lowest BCUT2D eigenvalue weighted by Gasteiger charge is -2.37. The summed E-state index contributed by atoms with van der Waals surface area (Å²) in [4.78, 5) is 13.5. The van der Waals surface area contributed by atoms with E-state index in [4.69, 9.17) is 0 Å². The highest BCUT2D eigenvalue weighted by molar-refractivity contribution is 5.93. The molecule has 0 unspecified atom stereocenters. The van der Waals surface area contributed by atoms with Crippen molar-refractivity contribution in [2.24, 2.45) is 0 Å². The normalized spacial score (nSPS) is 19.4. The van der Waals surface area contributed by atoms with Gasteiger partial charge in [-0.25, -0.2) is 4.79 Å². The zero-order valence-electron chi connectivity index (χ0n) is 9.53. The van der Waals surface area contributed by atoms with Crippen LogP contribution in [0.2, 0.25) is 0 Å². The van der Waals surface area contributed by atoms with E-state index in [1.165, 1.54) is 0 Å². The number of phenolic OH excluding ortho intramolecular Hbond substituents is 1. The molecule has 1 aliphatic heterocycles. The molecule has 2 rings (SSSR count). The quantitative estimate of drug-likeness (QED) is 0.761. The predicted octanol–water partition coefficient (Wildman–Crippen LogP) is 2.09.